The third-order valence-corrected chi connectivity index (χ3v) is 10.4. The predicted octanol–water partition coefficient (Wildman–Crippen LogP) is 12.8. The molecule has 9 aromatic rings. The molecule has 0 bridgehead atoms. The Morgan fingerprint density at radius 3 is 1.75 bits per heavy atom. The van der Waals surface area contributed by atoms with E-state index < -0.39 is 0 Å². The van der Waals surface area contributed by atoms with Gasteiger partial charge in [-0.2, -0.15) is 0 Å². The van der Waals surface area contributed by atoms with Crippen LogP contribution in [0.5, 0.6) is 5.88 Å². The maximum atomic E-state index is 11.3. The van der Waals surface area contributed by atoms with Gasteiger partial charge in [0.1, 0.15) is 0 Å². The fraction of sp³-hybridized carbons (Fsp3) is 0.0784. The van der Waals surface area contributed by atoms with E-state index in [9.17, 15) is 5.11 Å². The highest BCUT2D eigenvalue weighted by Crippen LogP contribution is 2.40. The van der Waals surface area contributed by atoms with Gasteiger partial charge in [0.25, 0.3) is 0 Å². The van der Waals surface area contributed by atoms with Crippen molar-refractivity contribution < 1.29 is 5.11 Å². The lowest BCUT2D eigenvalue weighted by Gasteiger charge is -2.19. The quantitative estimate of drug-likeness (QED) is 0.178. The molecule has 0 radical (unpaired) electrons. The molecule has 9 rings (SSSR count). The summed E-state index contributed by atoms with van der Waals surface area (Å²) < 4.78 is 2.12. The Morgan fingerprint density at radius 2 is 1.07 bits per heavy atom. The Morgan fingerprint density at radius 1 is 0.482 bits per heavy atom. The average Bonchev–Trinajstić information content (AvgIpc) is 3.64. The number of nitrogens with zero attached hydrogens (tertiary/aromatic N) is 4. The molecule has 0 saturated carbocycles. The van der Waals surface area contributed by atoms with Crippen molar-refractivity contribution in [3.63, 3.8) is 0 Å². The molecule has 56 heavy (non-hydrogen) atoms. The van der Waals surface area contributed by atoms with Gasteiger partial charge in [0.2, 0.25) is 5.88 Å². The molecule has 1 N–H and O–H groups in total. The first-order chi connectivity index (χ1) is 27.3. The molecule has 5 heteroatoms. The van der Waals surface area contributed by atoms with Gasteiger partial charge in [-0.05, 0) is 105 Å². The maximum absolute atomic E-state index is 11.3. The van der Waals surface area contributed by atoms with Crippen LogP contribution < -0.4 is 0 Å². The number of hydrogen-bond acceptors (Lipinski definition) is 4. The minimum absolute atomic E-state index is 0.0546. The number of imidazole rings is 1. The minimum Gasteiger partial charge on any atom is -0.493 e. The highest BCUT2D eigenvalue weighted by molar-refractivity contribution is 5.97. The van der Waals surface area contributed by atoms with Crippen LogP contribution in [0.25, 0.3) is 83.9 Å². The molecule has 270 valence electrons. The maximum Gasteiger partial charge on any atom is 0.222 e. The van der Waals surface area contributed by atoms with Crippen LogP contribution in [0.4, 0.5) is 0 Å². The molecular formula is C51H40N4O. The van der Waals surface area contributed by atoms with Gasteiger partial charge >= 0.3 is 0 Å². The third-order valence-electron chi connectivity index (χ3n) is 10.4. The van der Waals surface area contributed by atoms with Gasteiger partial charge in [-0.25, -0.2) is 9.97 Å². The van der Waals surface area contributed by atoms with Crippen LogP contribution in [0.15, 0.2) is 182 Å². The Hall–Kier alpha value is -7.11. The van der Waals surface area contributed by atoms with Crippen LogP contribution in [0.1, 0.15) is 26.3 Å². The van der Waals surface area contributed by atoms with Gasteiger partial charge in [-0.3, -0.25) is 9.55 Å². The number of aromatic nitrogens is 4. The van der Waals surface area contributed by atoms with E-state index in [0.29, 0.717) is 11.4 Å². The number of hydrogen-bond donors (Lipinski definition) is 1. The van der Waals surface area contributed by atoms with E-state index in [1.807, 2.05) is 42.6 Å². The van der Waals surface area contributed by atoms with E-state index in [0.717, 1.165) is 66.9 Å². The van der Waals surface area contributed by atoms with E-state index in [1.54, 1.807) is 6.20 Å². The molecule has 0 aliphatic carbocycles. The molecule has 0 unspecified atom stereocenters. The summed E-state index contributed by atoms with van der Waals surface area (Å²) in [4.78, 5) is 14.7. The second-order valence-corrected chi connectivity index (χ2v) is 15.2. The zero-order valence-corrected chi connectivity index (χ0v) is 31.6. The number of benzene rings is 6. The van der Waals surface area contributed by atoms with Crippen LogP contribution in [0, 0.1) is 0 Å². The van der Waals surface area contributed by atoms with E-state index in [2.05, 4.69) is 164 Å². The van der Waals surface area contributed by atoms with Crippen LogP contribution in [0.3, 0.4) is 0 Å². The summed E-state index contributed by atoms with van der Waals surface area (Å²) in [5, 5.41) is 11.3. The van der Waals surface area contributed by atoms with E-state index in [-0.39, 0.29) is 11.3 Å². The monoisotopic (exact) mass is 724 g/mol. The first-order valence-corrected chi connectivity index (χ1v) is 18.9. The molecule has 0 atom stereocenters. The highest BCUT2D eigenvalue weighted by Gasteiger charge is 2.23. The van der Waals surface area contributed by atoms with Crippen molar-refractivity contribution in [2.24, 2.45) is 0 Å². The molecule has 3 heterocycles. The number of para-hydroxylation sites is 2. The lowest BCUT2D eigenvalue weighted by Crippen LogP contribution is -2.12. The molecule has 3 aromatic heterocycles. The van der Waals surface area contributed by atoms with Crippen molar-refractivity contribution in [1.82, 2.24) is 19.5 Å². The van der Waals surface area contributed by atoms with Gasteiger partial charge in [-0.1, -0.05) is 136 Å². The highest BCUT2D eigenvalue weighted by atomic mass is 16.3. The van der Waals surface area contributed by atoms with Gasteiger partial charge in [0.15, 0.2) is 5.82 Å². The summed E-state index contributed by atoms with van der Waals surface area (Å²) in [6.07, 6.45) is 3.64. The fourth-order valence-electron chi connectivity index (χ4n) is 7.37. The predicted molar refractivity (Wildman–Crippen MR) is 230 cm³/mol. The van der Waals surface area contributed by atoms with Crippen LogP contribution in [0.2, 0.25) is 0 Å². The van der Waals surface area contributed by atoms with Crippen molar-refractivity contribution in [3.8, 4) is 78.7 Å². The van der Waals surface area contributed by atoms with Gasteiger partial charge in [0.05, 0.1) is 22.3 Å². The Balaban J connectivity index is 1.22. The summed E-state index contributed by atoms with van der Waals surface area (Å²) in [6, 6.07) is 59.0. The smallest absolute Gasteiger partial charge is 0.222 e. The summed E-state index contributed by atoms with van der Waals surface area (Å²) in [5.41, 5.74) is 14.8. The normalized spacial score (nSPS) is 11.6. The molecule has 0 saturated heterocycles. The standard InChI is InChI=1S/C51H40N4O/c1-51(2,3)42-32-45(50(56)53-33-42)49-54-48-44(20-13-21-47(48)55(49)43-18-11-6-12-19-43)40-28-39(35-16-9-5-10-17-35)29-41(30-40)46-31-38(26-27-52-46)37-24-22-36(23-25-37)34-14-7-4-8-15-34/h4-33H,1-3H3,(H,53,56). The molecule has 0 fully saturated rings. The second kappa shape index (κ2) is 14.3. The van der Waals surface area contributed by atoms with Crippen molar-refractivity contribution in [3.05, 3.63) is 188 Å². The summed E-state index contributed by atoms with van der Waals surface area (Å²) in [7, 11) is 0. The van der Waals surface area contributed by atoms with Gasteiger partial charge < -0.3 is 5.11 Å². The van der Waals surface area contributed by atoms with Crippen molar-refractivity contribution in [2.45, 2.75) is 26.2 Å². The summed E-state index contributed by atoms with van der Waals surface area (Å²) >= 11 is 0. The van der Waals surface area contributed by atoms with Crippen LogP contribution >= 0.6 is 0 Å². The number of fused-ring (bicyclic) bond motifs is 1. The van der Waals surface area contributed by atoms with Crippen LogP contribution in [-0.4, -0.2) is 24.6 Å². The molecule has 0 spiro atoms. The van der Waals surface area contributed by atoms with E-state index >= 15 is 0 Å². The molecule has 6 aromatic carbocycles. The molecular weight excluding hydrogens is 685 g/mol. The van der Waals surface area contributed by atoms with E-state index in [4.69, 9.17) is 9.97 Å². The largest absolute Gasteiger partial charge is 0.493 e. The number of pyridine rings is 2. The topological polar surface area (TPSA) is 63.8 Å². The van der Waals surface area contributed by atoms with Gasteiger partial charge in [0, 0.05) is 29.2 Å². The lowest BCUT2D eigenvalue weighted by atomic mass is 9.87. The SMILES string of the molecule is CC(C)(C)c1cnc(O)c(-c2nc3c(-c4cc(-c5ccccc5)cc(-c5cc(-c6ccc(-c7ccccc7)cc6)ccn5)c4)cccc3n2-c2ccccc2)c1. The summed E-state index contributed by atoms with van der Waals surface area (Å²) in [5.74, 6) is 0.572. The minimum atomic E-state index is -0.171. The molecule has 0 aliphatic heterocycles. The Kier molecular flexibility index (Phi) is 8.83. The third kappa shape index (κ3) is 6.65. The lowest BCUT2D eigenvalue weighted by molar-refractivity contribution is 0.453. The molecule has 0 aliphatic rings. The van der Waals surface area contributed by atoms with E-state index in [1.165, 1.54) is 11.1 Å². The molecule has 5 nitrogen and oxygen atoms in total. The average molecular weight is 725 g/mol. The van der Waals surface area contributed by atoms with Crippen molar-refractivity contribution >= 4 is 11.0 Å². The fourth-order valence-corrected chi connectivity index (χ4v) is 7.37. The zero-order chi connectivity index (χ0) is 38.2. The Bertz CT molecular complexity index is 2820. The van der Waals surface area contributed by atoms with Crippen molar-refractivity contribution in [2.75, 3.05) is 0 Å². The van der Waals surface area contributed by atoms with Crippen molar-refractivity contribution in [1.29, 1.82) is 0 Å². The van der Waals surface area contributed by atoms with Crippen LogP contribution in [-0.2, 0) is 5.41 Å². The molecule has 0 amide bonds. The first-order valence-electron chi connectivity index (χ1n) is 18.9. The Labute approximate surface area is 327 Å². The number of aromatic hydroxyl groups is 1. The zero-order valence-electron chi connectivity index (χ0n) is 31.6. The first kappa shape index (κ1) is 34.6. The number of rotatable bonds is 7. The van der Waals surface area contributed by atoms with Gasteiger partial charge in [-0.15, -0.1) is 0 Å². The second-order valence-electron chi connectivity index (χ2n) is 15.2. The summed E-state index contributed by atoms with van der Waals surface area (Å²) in [6.45, 7) is 6.44.